The van der Waals surface area contributed by atoms with Crippen LogP contribution >= 0.6 is 34.5 Å². The molecular formula is C16H15Cl2N7OS. The lowest BCUT2D eigenvalue weighted by molar-refractivity contribution is -0.117. The molecule has 8 nitrogen and oxygen atoms in total. The van der Waals surface area contributed by atoms with Crippen LogP contribution in [0.3, 0.4) is 0 Å². The van der Waals surface area contributed by atoms with Gasteiger partial charge in [-0.1, -0.05) is 34.5 Å². The van der Waals surface area contributed by atoms with E-state index in [4.69, 9.17) is 23.2 Å². The van der Waals surface area contributed by atoms with Gasteiger partial charge in [-0.15, -0.1) is 10.2 Å². The van der Waals surface area contributed by atoms with E-state index >= 15 is 0 Å². The van der Waals surface area contributed by atoms with Crippen molar-refractivity contribution in [3.8, 4) is 0 Å². The Morgan fingerprint density at radius 2 is 1.89 bits per heavy atom. The smallest absolute Gasteiger partial charge is 0.240 e. The third-order valence-corrected chi connectivity index (χ3v) is 5.57. The number of carbonyl (C=O) groups is 1. The van der Waals surface area contributed by atoms with Gasteiger partial charge in [0.2, 0.25) is 11.0 Å². The first-order chi connectivity index (χ1) is 13.1. The van der Waals surface area contributed by atoms with Crippen LogP contribution in [0, 0.1) is 0 Å². The van der Waals surface area contributed by atoms with Gasteiger partial charge in [-0.05, 0) is 12.1 Å². The molecule has 1 amide bonds. The number of nitrogens with zero attached hydrogens (tertiary/aromatic N) is 6. The Bertz CT molecular complexity index is 961. The fourth-order valence-electron chi connectivity index (χ4n) is 2.88. The summed E-state index contributed by atoms with van der Waals surface area (Å²) < 4.78 is 0. The highest BCUT2D eigenvalue weighted by molar-refractivity contribution is 7.13. The Morgan fingerprint density at radius 1 is 1.15 bits per heavy atom. The molecular weight excluding hydrogens is 409 g/mol. The highest BCUT2D eigenvalue weighted by atomic mass is 35.5. The lowest BCUT2D eigenvalue weighted by Gasteiger charge is -2.34. The predicted octanol–water partition coefficient (Wildman–Crippen LogP) is 2.55. The molecule has 3 heterocycles. The molecule has 0 spiro atoms. The maximum atomic E-state index is 12.1. The monoisotopic (exact) mass is 423 g/mol. The Balaban J connectivity index is 1.36. The molecule has 4 rings (SSSR count). The Labute approximate surface area is 169 Å². The van der Waals surface area contributed by atoms with Gasteiger partial charge in [-0.3, -0.25) is 20.0 Å². The summed E-state index contributed by atoms with van der Waals surface area (Å²) in [7, 11) is 0. The molecule has 0 aliphatic carbocycles. The summed E-state index contributed by atoms with van der Waals surface area (Å²) in [5.74, 6) is 0.705. The van der Waals surface area contributed by atoms with Gasteiger partial charge in [-0.2, -0.15) is 0 Å². The molecule has 0 saturated carbocycles. The topological polar surface area (TPSA) is 87.1 Å². The highest BCUT2D eigenvalue weighted by Crippen LogP contribution is 2.27. The van der Waals surface area contributed by atoms with E-state index in [1.165, 1.54) is 11.3 Å². The number of rotatable bonds is 4. The van der Waals surface area contributed by atoms with Crippen molar-refractivity contribution in [2.24, 2.45) is 0 Å². The molecule has 1 saturated heterocycles. The molecule has 0 bridgehead atoms. The number of piperazine rings is 1. The summed E-state index contributed by atoms with van der Waals surface area (Å²) in [6.07, 6.45) is 1.74. The van der Waals surface area contributed by atoms with Gasteiger partial charge in [0, 0.05) is 26.2 Å². The van der Waals surface area contributed by atoms with Gasteiger partial charge in [0.15, 0.2) is 0 Å². The molecule has 11 heteroatoms. The van der Waals surface area contributed by atoms with Crippen LogP contribution in [-0.4, -0.2) is 63.7 Å². The van der Waals surface area contributed by atoms with Gasteiger partial charge in [0.1, 0.15) is 11.3 Å². The zero-order valence-corrected chi connectivity index (χ0v) is 16.4. The van der Waals surface area contributed by atoms with E-state index in [0.29, 0.717) is 32.8 Å². The molecule has 2 aromatic heterocycles. The van der Waals surface area contributed by atoms with Crippen molar-refractivity contribution in [1.82, 2.24) is 25.1 Å². The first-order valence-corrected chi connectivity index (χ1v) is 9.87. The summed E-state index contributed by atoms with van der Waals surface area (Å²) in [6, 6.07) is 3.44. The standard InChI is InChI=1S/C16H15Cl2N7OS/c17-10-5-12-13(6-11(10)18)21-14(7-19-12)25-3-1-24(2-4-25)8-15(26)22-16-23-20-9-27-16/h5-7,9H,1-4,8H2,(H,22,23,26). The minimum Gasteiger partial charge on any atom is -0.353 e. The Morgan fingerprint density at radius 3 is 2.59 bits per heavy atom. The van der Waals surface area contributed by atoms with Gasteiger partial charge in [0.05, 0.1) is 33.8 Å². The number of hydrogen-bond acceptors (Lipinski definition) is 8. The quantitative estimate of drug-likeness (QED) is 0.689. The summed E-state index contributed by atoms with van der Waals surface area (Å²) >= 11 is 13.4. The highest BCUT2D eigenvalue weighted by Gasteiger charge is 2.21. The third kappa shape index (κ3) is 4.27. The second-order valence-corrected chi connectivity index (χ2v) is 7.69. The first-order valence-electron chi connectivity index (χ1n) is 8.23. The van der Waals surface area contributed by atoms with Crippen LogP contribution in [0.5, 0.6) is 0 Å². The van der Waals surface area contributed by atoms with E-state index in [9.17, 15) is 4.79 Å². The SMILES string of the molecule is O=C(CN1CCN(c2cnc3cc(Cl)c(Cl)cc3n2)CC1)Nc1nncs1. The summed E-state index contributed by atoms with van der Waals surface area (Å²) in [5.41, 5.74) is 3.00. The predicted molar refractivity (Wildman–Crippen MR) is 107 cm³/mol. The number of amides is 1. The van der Waals surface area contributed by atoms with Crippen LogP contribution in [0.4, 0.5) is 10.9 Å². The van der Waals surface area contributed by atoms with E-state index < -0.39 is 0 Å². The van der Waals surface area contributed by atoms with Gasteiger partial charge in [-0.25, -0.2) is 4.98 Å². The van der Waals surface area contributed by atoms with Crippen LogP contribution < -0.4 is 10.2 Å². The second-order valence-electron chi connectivity index (χ2n) is 6.04. The Kier molecular flexibility index (Phi) is 5.35. The molecule has 1 N–H and O–H groups in total. The average Bonchev–Trinajstić information content (AvgIpc) is 3.16. The normalized spacial score (nSPS) is 15.3. The number of carbonyl (C=O) groups excluding carboxylic acids is 1. The fourth-order valence-corrected chi connectivity index (χ4v) is 3.65. The summed E-state index contributed by atoms with van der Waals surface area (Å²) in [5, 5.41) is 11.7. The second kappa shape index (κ2) is 7.89. The minimum absolute atomic E-state index is 0.0859. The third-order valence-electron chi connectivity index (χ3n) is 4.24. The van der Waals surface area contributed by atoms with E-state index in [1.54, 1.807) is 23.8 Å². The van der Waals surface area contributed by atoms with Gasteiger partial charge in [0.25, 0.3) is 0 Å². The van der Waals surface area contributed by atoms with Crippen molar-refractivity contribution < 1.29 is 4.79 Å². The number of hydrogen-bond donors (Lipinski definition) is 1. The number of aromatic nitrogens is 4. The molecule has 1 aliphatic heterocycles. The van der Waals surface area contributed by atoms with Crippen molar-refractivity contribution in [3.05, 3.63) is 33.9 Å². The molecule has 0 radical (unpaired) electrons. The number of nitrogens with one attached hydrogen (secondary N) is 1. The molecule has 3 aromatic rings. The van der Waals surface area contributed by atoms with Crippen molar-refractivity contribution in [2.75, 3.05) is 42.9 Å². The zero-order chi connectivity index (χ0) is 18.8. The lowest BCUT2D eigenvalue weighted by Crippen LogP contribution is -2.49. The van der Waals surface area contributed by atoms with Crippen molar-refractivity contribution in [2.45, 2.75) is 0 Å². The van der Waals surface area contributed by atoms with E-state index in [1.807, 2.05) is 0 Å². The summed E-state index contributed by atoms with van der Waals surface area (Å²) in [6.45, 7) is 3.35. The molecule has 0 atom stereocenters. The van der Waals surface area contributed by atoms with Crippen LogP contribution in [0.1, 0.15) is 0 Å². The molecule has 1 fully saturated rings. The minimum atomic E-state index is -0.0859. The maximum absolute atomic E-state index is 12.1. The summed E-state index contributed by atoms with van der Waals surface area (Å²) in [4.78, 5) is 25.4. The van der Waals surface area contributed by atoms with Crippen molar-refractivity contribution in [1.29, 1.82) is 0 Å². The first kappa shape index (κ1) is 18.3. The average molecular weight is 424 g/mol. The molecule has 0 unspecified atom stereocenters. The van der Waals surface area contributed by atoms with E-state index in [2.05, 4.69) is 35.3 Å². The molecule has 1 aliphatic rings. The van der Waals surface area contributed by atoms with E-state index in [0.717, 1.165) is 32.0 Å². The van der Waals surface area contributed by atoms with Crippen LogP contribution in [0.15, 0.2) is 23.8 Å². The number of fused-ring (bicyclic) bond motifs is 1. The zero-order valence-electron chi connectivity index (χ0n) is 14.1. The maximum Gasteiger partial charge on any atom is 0.240 e. The van der Waals surface area contributed by atoms with Crippen LogP contribution in [-0.2, 0) is 4.79 Å². The van der Waals surface area contributed by atoms with E-state index in [-0.39, 0.29) is 5.91 Å². The molecule has 27 heavy (non-hydrogen) atoms. The number of halogens is 2. The molecule has 140 valence electrons. The number of benzene rings is 1. The largest absolute Gasteiger partial charge is 0.353 e. The van der Waals surface area contributed by atoms with Crippen LogP contribution in [0.25, 0.3) is 11.0 Å². The fraction of sp³-hybridized carbons (Fsp3) is 0.312. The van der Waals surface area contributed by atoms with Gasteiger partial charge < -0.3 is 4.90 Å². The lowest BCUT2D eigenvalue weighted by atomic mass is 10.3. The van der Waals surface area contributed by atoms with Crippen LogP contribution in [0.2, 0.25) is 10.0 Å². The number of anilines is 2. The van der Waals surface area contributed by atoms with Gasteiger partial charge >= 0.3 is 0 Å². The molecule has 1 aromatic carbocycles. The van der Waals surface area contributed by atoms with Crippen molar-refractivity contribution in [3.63, 3.8) is 0 Å². The van der Waals surface area contributed by atoms with Crippen molar-refractivity contribution >= 4 is 62.4 Å². The Hall–Kier alpha value is -2.07.